The van der Waals surface area contributed by atoms with Crippen molar-refractivity contribution in [3.8, 4) is 0 Å². The minimum absolute atomic E-state index is 0.699. The SMILES string of the molecule is CCCc1nc(NCC)cc(Nc2cccc(Cl)c2)n1. The van der Waals surface area contributed by atoms with E-state index in [1.807, 2.05) is 37.3 Å². The summed E-state index contributed by atoms with van der Waals surface area (Å²) in [4.78, 5) is 9.01. The third-order valence-corrected chi connectivity index (χ3v) is 2.94. The molecule has 2 N–H and O–H groups in total. The van der Waals surface area contributed by atoms with Crippen LogP contribution in [-0.2, 0) is 6.42 Å². The van der Waals surface area contributed by atoms with Crippen molar-refractivity contribution in [2.24, 2.45) is 0 Å². The van der Waals surface area contributed by atoms with E-state index >= 15 is 0 Å². The van der Waals surface area contributed by atoms with Crippen LogP contribution in [0.1, 0.15) is 26.1 Å². The number of aromatic nitrogens is 2. The molecule has 0 atom stereocenters. The molecular formula is C15H19ClN4. The number of rotatable bonds is 6. The molecule has 0 saturated heterocycles. The van der Waals surface area contributed by atoms with Gasteiger partial charge in [-0.1, -0.05) is 24.6 Å². The maximum atomic E-state index is 5.99. The van der Waals surface area contributed by atoms with E-state index in [1.54, 1.807) is 0 Å². The lowest BCUT2D eigenvalue weighted by Crippen LogP contribution is -2.06. The van der Waals surface area contributed by atoms with Gasteiger partial charge in [0.2, 0.25) is 0 Å². The number of aryl methyl sites for hydroxylation is 1. The normalized spacial score (nSPS) is 10.3. The maximum absolute atomic E-state index is 5.99. The summed E-state index contributed by atoms with van der Waals surface area (Å²) < 4.78 is 0. The van der Waals surface area contributed by atoms with E-state index in [-0.39, 0.29) is 0 Å². The Bertz CT molecular complexity index is 547. The second-order valence-corrected chi connectivity index (χ2v) is 4.91. The number of nitrogens with zero attached hydrogens (tertiary/aromatic N) is 2. The monoisotopic (exact) mass is 290 g/mol. The number of hydrogen-bond donors (Lipinski definition) is 2. The quantitative estimate of drug-likeness (QED) is 0.835. The molecule has 106 valence electrons. The fourth-order valence-corrected chi connectivity index (χ4v) is 2.07. The van der Waals surface area contributed by atoms with E-state index in [9.17, 15) is 0 Å². The number of anilines is 3. The van der Waals surface area contributed by atoms with Gasteiger partial charge >= 0.3 is 0 Å². The first-order valence-corrected chi connectivity index (χ1v) is 7.23. The molecule has 0 fully saturated rings. The molecule has 0 saturated carbocycles. The van der Waals surface area contributed by atoms with Crippen molar-refractivity contribution in [2.45, 2.75) is 26.7 Å². The van der Waals surface area contributed by atoms with Gasteiger partial charge in [-0.2, -0.15) is 0 Å². The van der Waals surface area contributed by atoms with Crippen LogP contribution >= 0.6 is 11.6 Å². The Morgan fingerprint density at radius 1 is 1.10 bits per heavy atom. The van der Waals surface area contributed by atoms with Gasteiger partial charge in [-0.25, -0.2) is 9.97 Å². The van der Waals surface area contributed by atoms with Crippen LogP contribution in [0.3, 0.4) is 0 Å². The number of hydrogen-bond acceptors (Lipinski definition) is 4. The fourth-order valence-electron chi connectivity index (χ4n) is 1.88. The molecule has 0 aliphatic rings. The minimum Gasteiger partial charge on any atom is -0.370 e. The summed E-state index contributed by atoms with van der Waals surface area (Å²) in [6, 6.07) is 9.49. The zero-order chi connectivity index (χ0) is 14.4. The lowest BCUT2D eigenvalue weighted by Gasteiger charge is -2.10. The molecule has 0 unspecified atom stereocenters. The first-order valence-electron chi connectivity index (χ1n) is 6.85. The van der Waals surface area contributed by atoms with Gasteiger partial charge in [-0.3, -0.25) is 0 Å². The highest BCUT2D eigenvalue weighted by Crippen LogP contribution is 2.20. The van der Waals surface area contributed by atoms with Gasteiger partial charge in [-0.15, -0.1) is 0 Å². The Balaban J connectivity index is 2.25. The molecule has 2 aromatic rings. The average Bonchev–Trinajstić information content (AvgIpc) is 2.39. The van der Waals surface area contributed by atoms with E-state index in [4.69, 9.17) is 11.6 Å². The Labute approximate surface area is 124 Å². The highest BCUT2D eigenvalue weighted by molar-refractivity contribution is 6.30. The molecule has 0 bridgehead atoms. The molecule has 1 heterocycles. The van der Waals surface area contributed by atoms with Crippen LogP contribution in [0, 0.1) is 0 Å². The van der Waals surface area contributed by atoms with Crippen LogP contribution in [-0.4, -0.2) is 16.5 Å². The molecule has 2 rings (SSSR count). The smallest absolute Gasteiger partial charge is 0.136 e. The van der Waals surface area contributed by atoms with Crippen molar-refractivity contribution in [2.75, 3.05) is 17.2 Å². The third-order valence-electron chi connectivity index (χ3n) is 2.70. The zero-order valence-electron chi connectivity index (χ0n) is 11.8. The molecule has 0 amide bonds. The molecule has 0 spiro atoms. The van der Waals surface area contributed by atoms with Crippen molar-refractivity contribution in [1.29, 1.82) is 0 Å². The van der Waals surface area contributed by atoms with Crippen molar-refractivity contribution in [3.05, 3.63) is 41.2 Å². The van der Waals surface area contributed by atoms with Gasteiger partial charge in [0.05, 0.1) is 0 Å². The zero-order valence-corrected chi connectivity index (χ0v) is 12.5. The lowest BCUT2D eigenvalue weighted by atomic mass is 10.3. The predicted molar refractivity (Wildman–Crippen MR) is 84.9 cm³/mol. The predicted octanol–water partition coefficient (Wildman–Crippen LogP) is 4.26. The topological polar surface area (TPSA) is 49.8 Å². The van der Waals surface area contributed by atoms with Crippen LogP contribution < -0.4 is 10.6 Å². The van der Waals surface area contributed by atoms with Crippen LogP contribution in [0.4, 0.5) is 17.3 Å². The number of nitrogens with one attached hydrogen (secondary N) is 2. The summed E-state index contributed by atoms with van der Waals surface area (Å²) in [7, 11) is 0. The molecule has 0 aliphatic carbocycles. The third kappa shape index (κ3) is 4.10. The summed E-state index contributed by atoms with van der Waals surface area (Å²) in [5.74, 6) is 2.47. The molecule has 20 heavy (non-hydrogen) atoms. The van der Waals surface area contributed by atoms with E-state index in [0.29, 0.717) is 5.02 Å². The fraction of sp³-hybridized carbons (Fsp3) is 0.333. The van der Waals surface area contributed by atoms with Gasteiger partial charge in [0.1, 0.15) is 17.5 Å². The van der Waals surface area contributed by atoms with E-state index in [0.717, 1.165) is 42.5 Å². The van der Waals surface area contributed by atoms with E-state index < -0.39 is 0 Å². The molecule has 5 heteroatoms. The number of halogens is 1. The van der Waals surface area contributed by atoms with Crippen molar-refractivity contribution in [3.63, 3.8) is 0 Å². The average molecular weight is 291 g/mol. The Morgan fingerprint density at radius 3 is 2.60 bits per heavy atom. The highest BCUT2D eigenvalue weighted by atomic mass is 35.5. The summed E-state index contributed by atoms with van der Waals surface area (Å²) in [5, 5.41) is 7.19. The Hall–Kier alpha value is -1.81. The van der Waals surface area contributed by atoms with Crippen LogP contribution in [0.5, 0.6) is 0 Å². The van der Waals surface area contributed by atoms with Crippen LogP contribution in [0.15, 0.2) is 30.3 Å². The second kappa shape index (κ2) is 7.10. The van der Waals surface area contributed by atoms with E-state index in [2.05, 4.69) is 27.5 Å². The molecule has 1 aromatic carbocycles. The van der Waals surface area contributed by atoms with Gasteiger partial charge in [0, 0.05) is 29.7 Å². The van der Waals surface area contributed by atoms with Crippen LogP contribution in [0.2, 0.25) is 5.02 Å². The van der Waals surface area contributed by atoms with Crippen molar-refractivity contribution >= 4 is 28.9 Å². The summed E-state index contributed by atoms with van der Waals surface area (Å²) in [6.07, 6.45) is 1.88. The lowest BCUT2D eigenvalue weighted by molar-refractivity contribution is 0.837. The largest absolute Gasteiger partial charge is 0.370 e. The van der Waals surface area contributed by atoms with Gasteiger partial charge in [0.15, 0.2) is 0 Å². The van der Waals surface area contributed by atoms with E-state index in [1.165, 1.54) is 0 Å². The molecule has 1 aromatic heterocycles. The second-order valence-electron chi connectivity index (χ2n) is 4.47. The molecule has 0 radical (unpaired) electrons. The van der Waals surface area contributed by atoms with Crippen molar-refractivity contribution < 1.29 is 0 Å². The molecule has 0 aliphatic heterocycles. The van der Waals surface area contributed by atoms with Gasteiger partial charge in [0.25, 0.3) is 0 Å². The summed E-state index contributed by atoms with van der Waals surface area (Å²) >= 11 is 5.99. The Kier molecular flexibility index (Phi) is 5.18. The van der Waals surface area contributed by atoms with Crippen LogP contribution in [0.25, 0.3) is 0 Å². The Morgan fingerprint density at radius 2 is 1.90 bits per heavy atom. The summed E-state index contributed by atoms with van der Waals surface area (Å²) in [5.41, 5.74) is 0.918. The highest BCUT2D eigenvalue weighted by Gasteiger charge is 2.04. The molecular weight excluding hydrogens is 272 g/mol. The van der Waals surface area contributed by atoms with Gasteiger partial charge < -0.3 is 10.6 Å². The minimum atomic E-state index is 0.699. The molecule has 4 nitrogen and oxygen atoms in total. The number of benzene rings is 1. The van der Waals surface area contributed by atoms with Gasteiger partial charge in [-0.05, 0) is 31.5 Å². The maximum Gasteiger partial charge on any atom is 0.136 e. The van der Waals surface area contributed by atoms with Crippen molar-refractivity contribution in [1.82, 2.24) is 9.97 Å². The first kappa shape index (κ1) is 14.6. The summed E-state index contributed by atoms with van der Waals surface area (Å²) in [6.45, 7) is 5.00. The first-order chi connectivity index (χ1) is 9.71. The standard InChI is InChI=1S/C15H19ClN4/c1-3-6-13-19-14(17-4-2)10-15(20-13)18-12-8-5-7-11(16)9-12/h5,7-10H,3-4,6H2,1-2H3,(H2,17,18,19,20).